The Labute approximate surface area is 199 Å². The number of aryl methyl sites for hydroxylation is 3. The van der Waals surface area contributed by atoms with Gasteiger partial charge in [0.1, 0.15) is 5.82 Å². The van der Waals surface area contributed by atoms with Crippen LogP contribution in [0.1, 0.15) is 44.0 Å². The third-order valence-electron chi connectivity index (χ3n) is 6.20. The largest absolute Gasteiger partial charge is 0.419 e. The molecule has 1 aromatic heterocycles. The highest BCUT2D eigenvalue weighted by Gasteiger charge is 2.34. The average Bonchev–Trinajstić information content (AvgIpc) is 3.12. The summed E-state index contributed by atoms with van der Waals surface area (Å²) in [5.41, 5.74) is 3.23. The number of amides is 2. The number of aromatic nitrogens is 2. The van der Waals surface area contributed by atoms with Crippen LogP contribution in [0.5, 0.6) is 0 Å². The van der Waals surface area contributed by atoms with Gasteiger partial charge in [0.15, 0.2) is 5.69 Å². The number of benzene rings is 2. The molecule has 0 saturated carbocycles. The van der Waals surface area contributed by atoms with Crippen LogP contribution in [-0.4, -0.2) is 33.0 Å². The molecule has 0 atom stereocenters. The van der Waals surface area contributed by atoms with Gasteiger partial charge in [-0.25, -0.2) is 4.39 Å². The molecule has 6 nitrogen and oxygen atoms in total. The molecule has 1 aliphatic heterocycles. The lowest BCUT2D eigenvalue weighted by Crippen LogP contribution is -2.36. The van der Waals surface area contributed by atoms with Gasteiger partial charge < -0.3 is 10.2 Å². The van der Waals surface area contributed by atoms with E-state index in [4.69, 9.17) is 0 Å². The molecule has 184 valence electrons. The average molecular weight is 488 g/mol. The fraction of sp³-hybridized carbons (Fsp3) is 0.320. The number of nitrogens with zero attached hydrogens (tertiary/aromatic N) is 3. The van der Waals surface area contributed by atoms with Crippen molar-refractivity contribution in [1.29, 1.82) is 0 Å². The summed E-state index contributed by atoms with van der Waals surface area (Å²) in [6.07, 6.45) is -4.56. The molecule has 1 aliphatic rings. The number of carbonyl (C=O) groups is 2. The number of rotatable bonds is 4. The first-order valence-electron chi connectivity index (χ1n) is 11.0. The Morgan fingerprint density at radius 3 is 2.49 bits per heavy atom. The molecule has 0 fully saturated rings. The molecule has 0 radical (unpaired) electrons. The Morgan fingerprint density at radius 1 is 1.11 bits per heavy atom. The van der Waals surface area contributed by atoms with Gasteiger partial charge in [-0.3, -0.25) is 14.3 Å². The van der Waals surface area contributed by atoms with E-state index < -0.39 is 23.5 Å². The fourth-order valence-corrected chi connectivity index (χ4v) is 4.22. The number of anilines is 1. The van der Waals surface area contributed by atoms with Gasteiger partial charge in [0, 0.05) is 31.5 Å². The molecule has 0 spiro atoms. The van der Waals surface area contributed by atoms with Crippen LogP contribution in [0.25, 0.3) is 0 Å². The Morgan fingerprint density at radius 2 is 1.86 bits per heavy atom. The molecule has 0 saturated heterocycles. The zero-order valence-electron chi connectivity index (χ0n) is 19.5. The van der Waals surface area contributed by atoms with Gasteiger partial charge in [-0.1, -0.05) is 18.2 Å². The second kappa shape index (κ2) is 9.16. The normalized spacial score (nSPS) is 13.5. The summed E-state index contributed by atoms with van der Waals surface area (Å²) in [6, 6.07) is 7.96. The number of hydrogen-bond donors (Lipinski definition) is 1. The molecule has 0 bridgehead atoms. The van der Waals surface area contributed by atoms with Gasteiger partial charge in [-0.2, -0.15) is 18.3 Å². The van der Waals surface area contributed by atoms with Crippen LogP contribution in [0.3, 0.4) is 0 Å². The van der Waals surface area contributed by atoms with Crippen LogP contribution >= 0.6 is 0 Å². The van der Waals surface area contributed by atoms with Crippen LogP contribution in [-0.2, 0) is 37.4 Å². The minimum atomic E-state index is -4.80. The quantitative estimate of drug-likeness (QED) is 0.547. The van der Waals surface area contributed by atoms with Crippen molar-refractivity contribution in [1.82, 2.24) is 14.7 Å². The van der Waals surface area contributed by atoms with E-state index in [1.807, 2.05) is 26.0 Å². The van der Waals surface area contributed by atoms with Crippen molar-refractivity contribution >= 4 is 17.5 Å². The second-order valence-electron chi connectivity index (χ2n) is 8.70. The van der Waals surface area contributed by atoms with Crippen molar-refractivity contribution in [2.75, 3.05) is 11.9 Å². The summed E-state index contributed by atoms with van der Waals surface area (Å²) >= 11 is 0. The topological polar surface area (TPSA) is 67.2 Å². The SMILES string of the molecule is Cc1ccc2c(c1NC(=O)Cc1ccc(C(F)(F)F)c(F)c1)CCN(C(=O)c1cc(C)n(C)n1)C2. The number of alkyl halides is 3. The third kappa shape index (κ3) is 5.06. The molecule has 2 aromatic carbocycles. The summed E-state index contributed by atoms with van der Waals surface area (Å²) in [4.78, 5) is 27.3. The first kappa shape index (κ1) is 24.4. The number of nitrogens with one attached hydrogen (secondary N) is 1. The lowest BCUT2D eigenvalue weighted by Gasteiger charge is -2.30. The molecule has 0 unspecified atom stereocenters. The van der Waals surface area contributed by atoms with Crippen molar-refractivity contribution in [3.8, 4) is 0 Å². The molecular formula is C25H24F4N4O2. The van der Waals surface area contributed by atoms with Gasteiger partial charge in [-0.05, 0) is 60.7 Å². The lowest BCUT2D eigenvalue weighted by atomic mass is 9.94. The summed E-state index contributed by atoms with van der Waals surface area (Å²) in [5, 5.41) is 7.09. The van der Waals surface area contributed by atoms with Gasteiger partial charge in [-0.15, -0.1) is 0 Å². The van der Waals surface area contributed by atoms with E-state index in [-0.39, 0.29) is 17.9 Å². The van der Waals surface area contributed by atoms with Crippen LogP contribution in [0.4, 0.5) is 23.2 Å². The highest BCUT2D eigenvalue weighted by molar-refractivity contribution is 5.95. The molecule has 3 aromatic rings. The maximum Gasteiger partial charge on any atom is 0.419 e. The van der Waals surface area contributed by atoms with Crippen LogP contribution in [0, 0.1) is 19.7 Å². The molecule has 1 N–H and O–H groups in total. The molecule has 2 heterocycles. The molecule has 35 heavy (non-hydrogen) atoms. The predicted molar refractivity (Wildman–Crippen MR) is 121 cm³/mol. The summed E-state index contributed by atoms with van der Waals surface area (Å²) in [7, 11) is 1.77. The maximum absolute atomic E-state index is 13.9. The fourth-order valence-electron chi connectivity index (χ4n) is 4.22. The lowest BCUT2D eigenvalue weighted by molar-refractivity contribution is -0.140. The number of hydrogen-bond acceptors (Lipinski definition) is 3. The van der Waals surface area contributed by atoms with Crippen molar-refractivity contribution in [3.05, 3.63) is 81.4 Å². The highest BCUT2D eigenvalue weighted by atomic mass is 19.4. The monoisotopic (exact) mass is 488 g/mol. The van der Waals surface area contributed by atoms with E-state index >= 15 is 0 Å². The smallest absolute Gasteiger partial charge is 0.333 e. The zero-order chi connectivity index (χ0) is 25.5. The first-order chi connectivity index (χ1) is 16.4. The molecule has 0 aliphatic carbocycles. The van der Waals surface area contributed by atoms with Crippen molar-refractivity contribution in [2.24, 2.45) is 7.05 Å². The van der Waals surface area contributed by atoms with E-state index in [2.05, 4.69) is 10.4 Å². The number of carbonyl (C=O) groups excluding carboxylic acids is 2. The first-order valence-corrected chi connectivity index (χ1v) is 11.0. The van der Waals surface area contributed by atoms with E-state index in [0.29, 0.717) is 37.0 Å². The molecule has 4 rings (SSSR count). The Bertz CT molecular complexity index is 1290. The van der Waals surface area contributed by atoms with Gasteiger partial charge >= 0.3 is 6.18 Å². The van der Waals surface area contributed by atoms with Gasteiger partial charge in [0.2, 0.25) is 5.91 Å². The molecule has 10 heteroatoms. The van der Waals surface area contributed by atoms with Gasteiger partial charge in [0.25, 0.3) is 5.91 Å². The summed E-state index contributed by atoms with van der Waals surface area (Å²) < 4.78 is 53.9. The van der Waals surface area contributed by atoms with Crippen molar-refractivity contribution in [2.45, 2.75) is 39.4 Å². The Kier molecular flexibility index (Phi) is 6.40. The van der Waals surface area contributed by atoms with E-state index in [0.717, 1.165) is 34.5 Å². The number of halogens is 4. The van der Waals surface area contributed by atoms with E-state index in [1.54, 1.807) is 22.7 Å². The molecular weight excluding hydrogens is 464 g/mol. The van der Waals surface area contributed by atoms with E-state index in [9.17, 15) is 27.2 Å². The predicted octanol–water partition coefficient (Wildman–Crippen LogP) is 4.57. The minimum Gasteiger partial charge on any atom is -0.333 e. The van der Waals surface area contributed by atoms with Gasteiger partial charge in [0.05, 0.1) is 12.0 Å². The zero-order valence-corrected chi connectivity index (χ0v) is 19.5. The Balaban J connectivity index is 1.49. The second-order valence-corrected chi connectivity index (χ2v) is 8.70. The summed E-state index contributed by atoms with van der Waals surface area (Å²) in [5.74, 6) is -2.05. The van der Waals surface area contributed by atoms with Crippen molar-refractivity contribution < 1.29 is 27.2 Å². The van der Waals surface area contributed by atoms with E-state index in [1.165, 1.54) is 0 Å². The maximum atomic E-state index is 13.9. The summed E-state index contributed by atoms with van der Waals surface area (Å²) in [6.45, 7) is 4.50. The standard InChI is InChI=1S/C25H24F4N4O2/c1-14-4-6-17-13-33(24(35)21-10-15(2)32(3)31-21)9-8-18(17)23(14)30-22(34)12-16-5-7-19(20(26)11-16)25(27,28)29/h4-7,10-11H,8-9,12-13H2,1-3H3,(H,30,34). The van der Waals surface area contributed by atoms with Crippen LogP contribution < -0.4 is 5.32 Å². The number of fused-ring (bicyclic) bond motifs is 1. The third-order valence-corrected chi connectivity index (χ3v) is 6.20. The van der Waals surface area contributed by atoms with Crippen molar-refractivity contribution in [3.63, 3.8) is 0 Å². The minimum absolute atomic E-state index is 0.137. The Hall–Kier alpha value is -3.69. The molecule has 2 amide bonds. The highest BCUT2D eigenvalue weighted by Crippen LogP contribution is 2.32. The van der Waals surface area contributed by atoms with Crippen LogP contribution in [0.15, 0.2) is 36.4 Å². The van der Waals surface area contributed by atoms with Crippen LogP contribution in [0.2, 0.25) is 0 Å².